The van der Waals surface area contributed by atoms with Crippen molar-refractivity contribution in [2.24, 2.45) is 0 Å². The van der Waals surface area contributed by atoms with Crippen molar-refractivity contribution in [3.63, 3.8) is 0 Å². The molecule has 84 valence electrons. The highest BCUT2D eigenvalue weighted by molar-refractivity contribution is 5.15. The Bertz CT molecular complexity index is 402. The van der Waals surface area contributed by atoms with Gasteiger partial charge in [0.15, 0.2) is 0 Å². The van der Waals surface area contributed by atoms with Gasteiger partial charge in [-0.2, -0.15) is 0 Å². The quantitative estimate of drug-likeness (QED) is 0.804. The third-order valence-electron chi connectivity index (χ3n) is 2.06. The summed E-state index contributed by atoms with van der Waals surface area (Å²) in [5.41, 5.74) is 0. The molecule has 1 atom stereocenters. The van der Waals surface area contributed by atoms with Gasteiger partial charge in [0.1, 0.15) is 18.5 Å². The number of nitrogens with zero attached hydrogens (tertiary/aromatic N) is 3. The number of aliphatic hydroxyl groups is 1. The fourth-order valence-corrected chi connectivity index (χ4v) is 1.32. The summed E-state index contributed by atoms with van der Waals surface area (Å²) < 4.78 is 7.17. The largest absolute Gasteiger partial charge is 0.489 e. The number of aliphatic hydroxyl groups excluding tert-OH is 1. The van der Waals surface area contributed by atoms with Crippen LogP contribution in [0.1, 0.15) is 0 Å². The van der Waals surface area contributed by atoms with Crippen LogP contribution in [0.5, 0.6) is 5.75 Å². The monoisotopic (exact) mass is 219 g/mol. The van der Waals surface area contributed by atoms with Crippen LogP contribution in [0.3, 0.4) is 0 Å². The van der Waals surface area contributed by atoms with E-state index in [4.69, 9.17) is 4.74 Å². The zero-order valence-electron chi connectivity index (χ0n) is 8.73. The van der Waals surface area contributed by atoms with Crippen LogP contribution in [0, 0.1) is 0 Å². The maximum atomic E-state index is 9.69. The third kappa shape index (κ3) is 3.06. The first kappa shape index (κ1) is 10.6. The van der Waals surface area contributed by atoms with Crippen molar-refractivity contribution in [1.82, 2.24) is 14.5 Å². The van der Waals surface area contributed by atoms with E-state index < -0.39 is 6.10 Å². The fourth-order valence-electron chi connectivity index (χ4n) is 1.32. The highest BCUT2D eigenvalue weighted by atomic mass is 16.5. The van der Waals surface area contributed by atoms with E-state index in [1.165, 1.54) is 0 Å². The molecule has 0 aliphatic carbocycles. The van der Waals surface area contributed by atoms with Crippen molar-refractivity contribution in [2.45, 2.75) is 12.6 Å². The van der Waals surface area contributed by atoms with Gasteiger partial charge in [0.05, 0.1) is 19.1 Å². The molecule has 1 N–H and O–H groups in total. The molecule has 5 nitrogen and oxygen atoms in total. The molecule has 0 saturated carbocycles. The van der Waals surface area contributed by atoms with Crippen LogP contribution in [-0.2, 0) is 6.54 Å². The van der Waals surface area contributed by atoms with Gasteiger partial charge >= 0.3 is 0 Å². The second-order valence-electron chi connectivity index (χ2n) is 3.41. The molecule has 0 fully saturated rings. The van der Waals surface area contributed by atoms with E-state index in [0.29, 0.717) is 12.3 Å². The Morgan fingerprint density at radius 2 is 2.31 bits per heavy atom. The van der Waals surface area contributed by atoms with Gasteiger partial charge < -0.3 is 14.4 Å². The zero-order valence-corrected chi connectivity index (χ0v) is 8.73. The topological polar surface area (TPSA) is 60.2 Å². The average Bonchev–Trinajstić information content (AvgIpc) is 2.81. The molecular formula is C11H13N3O2. The molecule has 2 aromatic heterocycles. The molecule has 0 spiro atoms. The Balaban J connectivity index is 1.78. The van der Waals surface area contributed by atoms with Crippen LogP contribution in [-0.4, -0.2) is 32.4 Å². The molecule has 0 radical (unpaired) electrons. The molecule has 5 heteroatoms. The third-order valence-corrected chi connectivity index (χ3v) is 2.06. The predicted octanol–water partition coefficient (Wildman–Crippen LogP) is 0.718. The highest BCUT2D eigenvalue weighted by Crippen LogP contribution is 2.06. The summed E-state index contributed by atoms with van der Waals surface area (Å²) in [7, 11) is 0. The van der Waals surface area contributed by atoms with Crippen molar-refractivity contribution >= 4 is 0 Å². The van der Waals surface area contributed by atoms with Gasteiger partial charge in [-0.3, -0.25) is 4.98 Å². The number of imidazole rings is 1. The van der Waals surface area contributed by atoms with Crippen LogP contribution < -0.4 is 4.74 Å². The van der Waals surface area contributed by atoms with Crippen molar-refractivity contribution in [3.8, 4) is 5.75 Å². The first-order valence-electron chi connectivity index (χ1n) is 5.01. The molecule has 0 bridgehead atoms. The lowest BCUT2D eigenvalue weighted by Gasteiger charge is -2.12. The summed E-state index contributed by atoms with van der Waals surface area (Å²) in [6, 6.07) is 3.59. The molecule has 2 aromatic rings. The smallest absolute Gasteiger partial charge is 0.137 e. The van der Waals surface area contributed by atoms with Crippen molar-refractivity contribution in [1.29, 1.82) is 0 Å². The lowest BCUT2D eigenvalue weighted by atomic mass is 10.3. The summed E-state index contributed by atoms with van der Waals surface area (Å²) in [5, 5.41) is 9.69. The normalized spacial score (nSPS) is 12.3. The molecule has 0 unspecified atom stereocenters. The van der Waals surface area contributed by atoms with Crippen LogP contribution in [0.4, 0.5) is 0 Å². The van der Waals surface area contributed by atoms with Gasteiger partial charge in [0.25, 0.3) is 0 Å². The number of hydrogen-bond acceptors (Lipinski definition) is 4. The maximum absolute atomic E-state index is 9.69. The lowest BCUT2D eigenvalue weighted by Crippen LogP contribution is -2.22. The fraction of sp³-hybridized carbons (Fsp3) is 0.273. The van der Waals surface area contributed by atoms with Gasteiger partial charge in [0, 0.05) is 18.6 Å². The summed E-state index contributed by atoms with van der Waals surface area (Å²) >= 11 is 0. The van der Waals surface area contributed by atoms with Crippen LogP contribution in [0.25, 0.3) is 0 Å². The summed E-state index contributed by atoms with van der Waals surface area (Å²) in [6.45, 7) is 0.712. The summed E-state index contributed by atoms with van der Waals surface area (Å²) in [4.78, 5) is 7.81. The van der Waals surface area contributed by atoms with E-state index in [2.05, 4.69) is 9.97 Å². The Kier molecular flexibility index (Phi) is 3.50. The molecule has 2 rings (SSSR count). The first-order valence-corrected chi connectivity index (χ1v) is 5.01. The Hall–Kier alpha value is -1.88. The van der Waals surface area contributed by atoms with Crippen LogP contribution in [0.2, 0.25) is 0 Å². The second-order valence-corrected chi connectivity index (χ2v) is 3.41. The Morgan fingerprint density at radius 1 is 1.38 bits per heavy atom. The Morgan fingerprint density at radius 3 is 3.00 bits per heavy atom. The first-order chi connectivity index (χ1) is 7.84. The second kappa shape index (κ2) is 5.27. The molecule has 0 saturated heterocycles. The van der Waals surface area contributed by atoms with E-state index in [1.54, 1.807) is 47.8 Å². The van der Waals surface area contributed by atoms with Crippen molar-refractivity contribution in [2.75, 3.05) is 6.61 Å². The van der Waals surface area contributed by atoms with Gasteiger partial charge in [-0.1, -0.05) is 0 Å². The number of pyridine rings is 1. The molecular weight excluding hydrogens is 206 g/mol. The van der Waals surface area contributed by atoms with E-state index in [0.717, 1.165) is 0 Å². The molecule has 0 aromatic carbocycles. The van der Waals surface area contributed by atoms with Gasteiger partial charge in [0.2, 0.25) is 0 Å². The highest BCUT2D eigenvalue weighted by Gasteiger charge is 2.05. The van der Waals surface area contributed by atoms with Crippen LogP contribution >= 0.6 is 0 Å². The van der Waals surface area contributed by atoms with Gasteiger partial charge in [-0.05, 0) is 12.1 Å². The van der Waals surface area contributed by atoms with Crippen LogP contribution in [0.15, 0.2) is 43.2 Å². The lowest BCUT2D eigenvalue weighted by molar-refractivity contribution is 0.0923. The number of aromatic nitrogens is 3. The predicted molar refractivity (Wildman–Crippen MR) is 58.0 cm³/mol. The minimum Gasteiger partial charge on any atom is -0.489 e. The SMILES string of the molecule is O[C@@H](COc1cccnc1)Cn1ccnc1. The molecule has 2 heterocycles. The minimum atomic E-state index is -0.561. The van der Waals surface area contributed by atoms with E-state index in [-0.39, 0.29) is 6.61 Å². The summed E-state index contributed by atoms with van der Waals surface area (Å²) in [5.74, 6) is 0.659. The van der Waals surface area contributed by atoms with Gasteiger partial charge in [-0.25, -0.2) is 4.98 Å². The summed E-state index contributed by atoms with van der Waals surface area (Å²) in [6.07, 6.45) is 7.86. The standard InChI is InChI=1S/C11H13N3O2/c15-10(7-14-5-4-13-9-14)8-16-11-2-1-3-12-6-11/h1-6,9-10,15H,7-8H2/t10-/m1/s1. The average molecular weight is 219 g/mol. The van der Waals surface area contributed by atoms with E-state index >= 15 is 0 Å². The van der Waals surface area contributed by atoms with E-state index in [9.17, 15) is 5.11 Å². The minimum absolute atomic E-state index is 0.240. The molecule has 0 amide bonds. The number of ether oxygens (including phenoxy) is 1. The number of rotatable bonds is 5. The number of hydrogen-bond donors (Lipinski definition) is 1. The zero-order chi connectivity index (χ0) is 11.2. The van der Waals surface area contributed by atoms with Crippen molar-refractivity contribution < 1.29 is 9.84 Å². The Labute approximate surface area is 93.3 Å². The van der Waals surface area contributed by atoms with Gasteiger partial charge in [-0.15, -0.1) is 0 Å². The molecule has 0 aliphatic heterocycles. The van der Waals surface area contributed by atoms with Crippen molar-refractivity contribution in [3.05, 3.63) is 43.2 Å². The maximum Gasteiger partial charge on any atom is 0.137 e. The molecule has 16 heavy (non-hydrogen) atoms. The van der Waals surface area contributed by atoms with E-state index in [1.807, 2.05) is 0 Å². The molecule has 0 aliphatic rings.